The van der Waals surface area contributed by atoms with Gasteiger partial charge in [-0.05, 0) is 129 Å². The highest BCUT2D eigenvalue weighted by Crippen LogP contribution is 2.40. The van der Waals surface area contributed by atoms with E-state index in [1.807, 2.05) is 127 Å². The molecule has 676 valence electrons. The van der Waals surface area contributed by atoms with Crippen LogP contribution in [0.4, 0.5) is 26.3 Å². The summed E-state index contributed by atoms with van der Waals surface area (Å²) in [4.78, 5) is 189. The number of hydrogen-bond donors (Lipinski definition) is 16. The number of piperidine rings is 2. The van der Waals surface area contributed by atoms with E-state index >= 15 is 0 Å². The lowest BCUT2D eigenvalue weighted by Crippen LogP contribution is -2.61. The molecule has 34 nitrogen and oxygen atoms in total. The van der Waals surface area contributed by atoms with Crippen LogP contribution >= 0.6 is 0 Å². The van der Waals surface area contributed by atoms with Crippen LogP contribution in [0.25, 0.3) is 0 Å². The predicted molar refractivity (Wildman–Crippen MR) is 445 cm³/mol. The number of carbonyl (C=O) groups is 14. The maximum Gasteiger partial charge on any atom is 0.490 e. The second-order valence-electron chi connectivity index (χ2n) is 29.9. The van der Waals surface area contributed by atoms with Gasteiger partial charge in [-0.25, -0.2) is 9.59 Å². The zero-order valence-corrected chi connectivity index (χ0v) is 68.3. The summed E-state index contributed by atoms with van der Waals surface area (Å²) in [5, 5.41) is 55.3. The molecule has 4 heterocycles. The Morgan fingerprint density at radius 1 is 0.444 bits per heavy atom. The number of hydrogen-bond acceptors (Lipinski definition) is 16. The van der Waals surface area contributed by atoms with E-state index in [2.05, 4.69) is 52.5 Å². The van der Waals surface area contributed by atoms with Crippen molar-refractivity contribution in [3.8, 4) is 0 Å². The summed E-state index contributed by atoms with van der Waals surface area (Å²) in [6.07, 6.45) is -6.54. The Labute approximate surface area is 719 Å². The van der Waals surface area contributed by atoms with Gasteiger partial charge in [-0.3, -0.25) is 67.5 Å². The Kier molecular flexibility index (Phi) is 38.4. The van der Waals surface area contributed by atoms with Crippen LogP contribution < -0.4 is 65.5 Å². The highest BCUT2D eigenvalue weighted by Gasteiger charge is 2.52. The SMILES string of the molecule is NC(N)=NCCC[C@H](NC(=O)[C@@H]1CC[C@@H]2CCC(NC(=O)Cc3ccccc3)C(=O)N21)C(=O)N[C@@H](CC(=O)O)C(=O)NCc1ccccc1.NC(N)=NCCC[C@H](NC(=O)[C@@H]1C[C@@H](Cc2ccccc2)[C@@H]2CCC(NC(=O)c3ccccc3)C(=O)N12)C(=O)N[C@@H](CC(=O)O)C(=O)NCCC(c1ccccc1)c1ccccc1.O=C(O)C(F)(F)F.O=C(O)C(F)(F)F. The van der Waals surface area contributed by atoms with Crippen LogP contribution in [0, 0.1) is 5.92 Å². The van der Waals surface area contributed by atoms with Crippen LogP contribution in [-0.2, 0) is 81.7 Å². The Hall–Kier alpha value is -14.0. The van der Waals surface area contributed by atoms with Gasteiger partial charge in [-0.2, -0.15) is 26.3 Å². The van der Waals surface area contributed by atoms with Crippen molar-refractivity contribution < 1.29 is 114 Å². The smallest absolute Gasteiger partial charge is 0.481 e. The fraction of sp³-hybridized carbons (Fsp3) is 0.395. The van der Waals surface area contributed by atoms with E-state index in [1.54, 1.807) is 59.5 Å². The molecule has 10 amide bonds. The van der Waals surface area contributed by atoms with E-state index in [0.29, 0.717) is 63.4 Å². The van der Waals surface area contributed by atoms with Crippen LogP contribution in [0.15, 0.2) is 192 Å². The summed E-state index contributed by atoms with van der Waals surface area (Å²) < 4.78 is 63.5. The molecule has 0 saturated carbocycles. The molecule has 0 spiro atoms. The maximum atomic E-state index is 14.5. The fourth-order valence-electron chi connectivity index (χ4n) is 14.9. The Balaban J connectivity index is 0.000000306. The quantitative estimate of drug-likeness (QED) is 0.0113. The number of aliphatic carboxylic acids is 4. The first-order chi connectivity index (χ1) is 59.9. The third-order valence-corrected chi connectivity index (χ3v) is 20.9. The Morgan fingerprint density at radius 3 is 1.31 bits per heavy atom. The van der Waals surface area contributed by atoms with Gasteiger partial charge in [0.05, 0.1) is 19.3 Å². The molecule has 4 aliphatic rings. The van der Waals surface area contributed by atoms with Crippen molar-refractivity contribution in [2.24, 2.45) is 38.8 Å². The predicted octanol–water partition coefficient (Wildman–Crippen LogP) is 4.19. The average molecular weight is 1760 g/mol. The largest absolute Gasteiger partial charge is 0.490 e. The third kappa shape index (κ3) is 32.0. The van der Waals surface area contributed by atoms with Crippen molar-refractivity contribution in [3.05, 3.63) is 215 Å². The van der Waals surface area contributed by atoms with E-state index in [9.17, 15) is 94.1 Å². The molecule has 10 rings (SSSR count). The second kappa shape index (κ2) is 48.8. The number of carbonyl (C=O) groups excluding carboxylic acids is 10. The minimum absolute atomic E-state index is 0.0267. The molecule has 0 bridgehead atoms. The summed E-state index contributed by atoms with van der Waals surface area (Å²) in [6, 6.07) is 46.7. The van der Waals surface area contributed by atoms with Crippen LogP contribution in [0.2, 0.25) is 0 Å². The number of alkyl halides is 6. The first-order valence-electron chi connectivity index (χ1n) is 40.3. The number of fused-ring (bicyclic) bond motifs is 2. The van der Waals surface area contributed by atoms with Crippen LogP contribution in [-0.4, -0.2) is 217 Å². The van der Waals surface area contributed by atoms with E-state index in [-0.39, 0.29) is 112 Å². The van der Waals surface area contributed by atoms with E-state index < -0.39 is 139 Å². The molecular formula is C86H102F6N16O18. The van der Waals surface area contributed by atoms with Gasteiger partial charge in [0.15, 0.2) is 11.9 Å². The number of nitrogens with zero attached hydrogens (tertiary/aromatic N) is 4. The number of rotatable bonds is 36. The monoisotopic (exact) mass is 1760 g/mol. The van der Waals surface area contributed by atoms with Crippen molar-refractivity contribution in [2.75, 3.05) is 19.6 Å². The van der Waals surface area contributed by atoms with Crippen LogP contribution in [0.3, 0.4) is 0 Å². The van der Waals surface area contributed by atoms with Gasteiger partial charge in [-0.1, -0.05) is 170 Å². The van der Waals surface area contributed by atoms with Crippen LogP contribution in [0.1, 0.15) is 134 Å². The molecule has 4 aliphatic heterocycles. The standard InChI is InChI=1S/C48H56N8O7.C34H44N8O7.2C2HF3O2/c49-48(50)52-26-13-22-37(45(61)55-39(30-42(57)58)44(60)51-27-25-36(32-16-7-2-8-17-32)33-18-9-3-10-19-33)53-46(62)41-29-35(28-31-14-5-1-6-15-31)40-24-23-38(47(63)56(40)41)54-43(59)34-20-11-4-12-21-34;35-34(36)37-17-7-12-24(31(47)41-26(19-29(44)45)30(46)38-20-22-10-5-2-6-11-22)40-32(48)27-16-14-23-13-15-25(33(49)42(23)27)39-28(43)18-21-8-3-1-4-9-21;2*3-2(4,5)1(6)7/h1-12,14-21,35-41H,13,22-30H2,(H,51,60)(H,53,62)(H,54,59)(H,55,61)(H,57,58)(H4,49,50,52);1-6,8-11,23-27H,7,12-20H2,(H,38,46)(H,39,43)(H,40,48)(H,41,47)(H,44,45)(H4,35,36,37);2*(H,6,7)/t35-,37+,38?,39+,40+,41+;23-,24-,25?,26-,27-;;/m10../s1. The minimum Gasteiger partial charge on any atom is -0.481 e. The van der Waals surface area contributed by atoms with Gasteiger partial charge in [-0.15, -0.1) is 0 Å². The first-order valence-corrected chi connectivity index (χ1v) is 40.3. The molecule has 4 saturated heterocycles. The molecule has 6 aromatic carbocycles. The van der Waals surface area contributed by atoms with Gasteiger partial charge in [0.25, 0.3) is 5.91 Å². The summed E-state index contributed by atoms with van der Waals surface area (Å²) in [6.45, 7) is 0.577. The lowest BCUT2D eigenvalue weighted by molar-refractivity contribution is -0.193. The van der Waals surface area contributed by atoms with Crippen molar-refractivity contribution >= 4 is 94.9 Å². The summed E-state index contributed by atoms with van der Waals surface area (Å²) in [7, 11) is 0. The molecule has 11 atom stereocenters. The third-order valence-electron chi connectivity index (χ3n) is 20.9. The highest BCUT2D eigenvalue weighted by molar-refractivity contribution is 6.01. The van der Waals surface area contributed by atoms with Crippen molar-refractivity contribution in [1.82, 2.24) is 52.3 Å². The van der Waals surface area contributed by atoms with Gasteiger partial charge in [0.2, 0.25) is 53.2 Å². The number of halogens is 6. The fourth-order valence-corrected chi connectivity index (χ4v) is 14.9. The van der Waals surface area contributed by atoms with E-state index in [0.717, 1.165) is 27.8 Å². The molecule has 126 heavy (non-hydrogen) atoms. The number of aliphatic imine (C=N–C) groups is 2. The number of amides is 10. The number of guanidine groups is 2. The van der Waals surface area contributed by atoms with Crippen LogP contribution in [0.5, 0.6) is 0 Å². The average Bonchev–Trinajstić information content (AvgIpc) is 1.61. The van der Waals surface area contributed by atoms with Gasteiger partial charge in [0, 0.05) is 49.7 Å². The van der Waals surface area contributed by atoms with E-state index in [1.165, 1.54) is 4.90 Å². The topological polar surface area (TPSA) is 551 Å². The number of carboxylic acids is 4. The van der Waals surface area contributed by atoms with E-state index in [4.69, 9.17) is 42.7 Å². The number of carboxylic acid groups (broad SMARTS) is 4. The summed E-state index contributed by atoms with van der Waals surface area (Å²) in [5.41, 5.74) is 27.0. The molecule has 2 unspecified atom stereocenters. The highest BCUT2D eigenvalue weighted by atomic mass is 19.4. The van der Waals surface area contributed by atoms with Gasteiger partial charge < -0.3 is 95.7 Å². The number of nitrogens with two attached hydrogens (primary N) is 4. The zero-order valence-electron chi connectivity index (χ0n) is 68.3. The maximum absolute atomic E-state index is 14.5. The molecular weight excluding hydrogens is 1660 g/mol. The molecule has 0 aromatic heterocycles. The molecule has 0 radical (unpaired) electrons. The first kappa shape index (κ1) is 99.1. The van der Waals surface area contributed by atoms with Crippen molar-refractivity contribution in [2.45, 2.75) is 188 Å². The summed E-state index contributed by atoms with van der Waals surface area (Å²) >= 11 is 0. The van der Waals surface area contributed by atoms with Gasteiger partial charge >= 0.3 is 36.2 Å². The summed E-state index contributed by atoms with van der Waals surface area (Å²) in [5.74, 6) is -14.2. The normalized spacial score (nSPS) is 18.3. The molecule has 4 fully saturated rings. The van der Waals surface area contributed by atoms with Gasteiger partial charge in [0.1, 0.15) is 48.3 Å². The lowest BCUT2D eigenvalue weighted by atomic mass is 9.86. The Bertz CT molecular complexity index is 4670. The number of nitrogens with one attached hydrogen (secondary N) is 8. The Morgan fingerprint density at radius 2 is 0.849 bits per heavy atom. The van der Waals surface area contributed by atoms with Crippen molar-refractivity contribution in [3.63, 3.8) is 0 Å². The van der Waals surface area contributed by atoms with Crippen molar-refractivity contribution in [1.29, 1.82) is 0 Å². The second-order valence-corrected chi connectivity index (χ2v) is 29.9. The zero-order chi connectivity index (χ0) is 92.2. The lowest BCUT2D eigenvalue weighted by Gasteiger charge is -2.39. The molecule has 40 heteroatoms. The number of benzene rings is 6. The minimum atomic E-state index is -5.08. The molecule has 0 aliphatic carbocycles. The molecule has 6 aromatic rings. The molecule has 20 N–H and O–H groups in total.